The van der Waals surface area contributed by atoms with Crippen molar-refractivity contribution in [1.82, 2.24) is 14.5 Å². The molecule has 0 saturated carbocycles. The van der Waals surface area contributed by atoms with E-state index in [9.17, 15) is 5.11 Å². The summed E-state index contributed by atoms with van der Waals surface area (Å²) in [5, 5.41) is 11.7. The molecule has 2 heterocycles. The lowest BCUT2D eigenvalue weighted by molar-refractivity contribution is 0.211. The van der Waals surface area contributed by atoms with Crippen molar-refractivity contribution in [3.63, 3.8) is 0 Å². The summed E-state index contributed by atoms with van der Waals surface area (Å²) in [6.07, 6.45) is 5.79. The molecule has 0 amide bonds. The van der Waals surface area contributed by atoms with Crippen molar-refractivity contribution in [2.24, 2.45) is 0 Å². The number of aromatic nitrogens is 3. The first-order chi connectivity index (χ1) is 9.31. The van der Waals surface area contributed by atoms with E-state index in [1.165, 1.54) is 0 Å². The Labute approximate surface area is 111 Å². The van der Waals surface area contributed by atoms with Crippen LogP contribution in [0.5, 0.6) is 0 Å². The molecule has 0 aliphatic carbocycles. The maximum Gasteiger partial charge on any atom is 0.121 e. The van der Waals surface area contributed by atoms with E-state index in [1.54, 1.807) is 12.5 Å². The van der Waals surface area contributed by atoms with Crippen LogP contribution >= 0.6 is 0 Å². The Bertz CT molecular complexity index is 683. The lowest BCUT2D eigenvalue weighted by Gasteiger charge is -2.14. The minimum atomic E-state index is -0.645. The van der Waals surface area contributed by atoms with E-state index in [0.29, 0.717) is 0 Å². The Kier molecular flexibility index (Phi) is 3.09. The third-order valence-electron chi connectivity index (χ3n) is 3.41. The summed E-state index contributed by atoms with van der Waals surface area (Å²) in [7, 11) is 0. The Morgan fingerprint density at radius 2 is 2.26 bits per heavy atom. The number of hydrogen-bond acceptors (Lipinski definition) is 2. The molecule has 1 unspecified atom stereocenters. The minimum Gasteiger partial charge on any atom is -0.382 e. The lowest BCUT2D eigenvalue weighted by Crippen LogP contribution is -2.08. The third-order valence-corrected chi connectivity index (χ3v) is 3.41. The fraction of sp³-hybridized carbons (Fsp3) is 0.267. The molecule has 2 N–H and O–H groups in total. The predicted molar refractivity (Wildman–Crippen MR) is 74.9 cm³/mol. The van der Waals surface area contributed by atoms with Crippen molar-refractivity contribution < 1.29 is 5.11 Å². The van der Waals surface area contributed by atoms with Crippen LogP contribution in [0.3, 0.4) is 0 Å². The smallest absolute Gasteiger partial charge is 0.121 e. The minimum absolute atomic E-state index is 0.645. The normalized spacial score (nSPS) is 12.9. The second kappa shape index (κ2) is 4.90. The quantitative estimate of drug-likeness (QED) is 0.753. The molecule has 19 heavy (non-hydrogen) atoms. The molecule has 3 rings (SSSR count). The van der Waals surface area contributed by atoms with Crippen LogP contribution in [0, 0.1) is 0 Å². The van der Waals surface area contributed by atoms with E-state index in [-0.39, 0.29) is 0 Å². The SMILES string of the molecule is CCCn1cncc1C(O)c1cccc2[nH]ccc12. The van der Waals surface area contributed by atoms with Gasteiger partial charge in [-0.3, -0.25) is 0 Å². The van der Waals surface area contributed by atoms with Gasteiger partial charge in [-0.25, -0.2) is 4.98 Å². The fourth-order valence-corrected chi connectivity index (χ4v) is 2.49. The maximum absolute atomic E-state index is 10.6. The Morgan fingerprint density at radius 3 is 3.11 bits per heavy atom. The number of aryl methyl sites for hydroxylation is 1. The monoisotopic (exact) mass is 255 g/mol. The van der Waals surface area contributed by atoms with Crippen molar-refractivity contribution in [2.75, 3.05) is 0 Å². The summed E-state index contributed by atoms with van der Waals surface area (Å²) in [5.41, 5.74) is 2.80. The summed E-state index contributed by atoms with van der Waals surface area (Å²) < 4.78 is 2.01. The molecular weight excluding hydrogens is 238 g/mol. The molecule has 0 saturated heterocycles. The Hall–Kier alpha value is -2.07. The third kappa shape index (κ3) is 2.04. The molecule has 4 nitrogen and oxygen atoms in total. The van der Waals surface area contributed by atoms with Gasteiger partial charge in [0.1, 0.15) is 6.10 Å². The van der Waals surface area contributed by atoms with Gasteiger partial charge in [-0.2, -0.15) is 0 Å². The van der Waals surface area contributed by atoms with Gasteiger partial charge in [0.2, 0.25) is 0 Å². The number of fused-ring (bicyclic) bond motifs is 1. The average molecular weight is 255 g/mol. The second-order valence-electron chi connectivity index (χ2n) is 4.70. The molecule has 4 heteroatoms. The van der Waals surface area contributed by atoms with Gasteiger partial charge >= 0.3 is 0 Å². The van der Waals surface area contributed by atoms with Crippen LogP contribution in [0.2, 0.25) is 0 Å². The Balaban J connectivity index is 2.05. The highest BCUT2D eigenvalue weighted by Crippen LogP contribution is 2.28. The molecule has 0 aliphatic heterocycles. The van der Waals surface area contributed by atoms with Gasteiger partial charge in [0.05, 0.1) is 18.2 Å². The lowest BCUT2D eigenvalue weighted by atomic mass is 10.0. The molecule has 0 bridgehead atoms. The van der Waals surface area contributed by atoms with Gasteiger partial charge in [-0.1, -0.05) is 19.1 Å². The van der Waals surface area contributed by atoms with Crippen LogP contribution in [0.15, 0.2) is 43.0 Å². The predicted octanol–water partition coefficient (Wildman–Crippen LogP) is 2.86. The van der Waals surface area contributed by atoms with Crippen molar-refractivity contribution in [3.05, 3.63) is 54.2 Å². The largest absolute Gasteiger partial charge is 0.382 e. The van der Waals surface area contributed by atoms with Crippen molar-refractivity contribution in [2.45, 2.75) is 26.0 Å². The standard InChI is InChI=1S/C15H17N3O/c1-2-8-18-10-16-9-14(18)15(19)12-4-3-5-13-11(12)6-7-17-13/h3-7,9-10,15,17,19H,2,8H2,1H3. The number of benzene rings is 1. The number of rotatable bonds is 4. The van der Waals surface area contributed by atoms with Crippen LogP contribution in [-0.4, -0.2) is 19.6 Å². The zero-order valence-corrected chi connectivity index (χ0v) is 10.9. The van der Waals surface area contributed by atoms with Crippen LogP contribution in [0.1, 0.15) is 30.7 Å². The van der Waals surface area contributed by atoms with E-state index in [1.807, 2.05) is 35.0 Å². The van der Waals surface area contributed by atoms with Gasteiger partial charge in [0.15, 0.2) is 0 Å². The van der Waals surface area contributed by atoms with Gasteiger partial charge in [0, 0.05) is 23.6 Å². The summed E-state index contributed by atoms with van der Waals surface area (Å²) in [4.78, 5) is 7.32. The van der Waals surface area contributed by atoms with Gasteiger partial charge in [0.25, 0.3) is 0 Å². The number of imidazole rings is 1. The summed E-state index contributed by atoms with van der Waals surface area (Å²) in [5.74, 6) is 0. The molecule has 98 valence electrons. The van der Waals surface area contributed by atoms with Crippen molar-refractivity contribution in [3.8, 4) is 0 Å². The molecular formula is C15H17N3O. The van der Waals surface area contributed by atoms with E-state index in [2.05, 4.69) is 16.9 Å². The van der Waals surface area contributed by atoms with E-state index < -0.39 is 6.10 Å². The number of nitrogens with zero attached hydrogens (tertiary/aromatic N) is 2. The molecule has 0 fully saturated rings. The number of hydrogen-bond donors (Lipinski definition) is 2. The number of H-pyrrole nitrogens is 1. The summed E-state index contributed by atoms with van der Waals surface area (Å²) in [6, 6.07) is 7.92. The van der Waals surface area contributed by atoms with E-state index in [4.69, 9.17) is 0 Å². The van der Waals surface area contributed by atoms with Crippen LogP contribution in [-0.2, 0) is 6.54 Å². The molecule has 2 aromatic heterocycles. The number of aliphatic hydroxyl groups excluding tert-OH is 1. The zero-order chi connectivity index (χ0) is 13.2. The van der Waals surface area contributed by atoms with Gasteiger partial charge < -0.3 is 14.7 Å². The van der Waals surface area contributed by atoms with Crippen molar-refractivity contribution >= 4 is 10.9 Å². The molecule has 0 aliphatic rings. The summed E-state index contributed by atoms with van der Waals surface area (Å²) in [6.45, 7) is 2.98. The average Bonchev–Trinajstić information content (AvgIpc) is 3.06. The summed E-state index contributed by atoms with van der Waals surface area (Å²) >= 11 is 0. The first kappa shape index (κ1) is 12.0. The number of aliphatic hydroxyl groups is 1. The van der Waals surface area contributed by atoms with Gasteiger partial charge in [-0.05, 0) is 24.1 Å². The van der Waals surface area contributed by atoms with Crippen LogP contribution in [0.4, 0.5) is 0 Å². The first-order valence-corrected chi connectivity index (χ1v) is 6.55. The zero-order valence-electron chi connectivity index (χ0n) is 10.9. The second-order valence-corrected chi connectivity index (χ2v) is 4.70. The van der Waals surface area contributed by atoms with Crippen LogP contribution < -0.4 is 0 Å². The molecule has 3 aromatic rings. The highest BCUT2D eigenvalue weighted by atomic mass is 16.3. The van der Waals surface area contributed by atoms with E-state index in [0.717, 1.165) is 35.1 Å². The first-order valence-electron chi connectivity index (χ1n) is 6.55. The van der Waals surface area contributed by atoms with Crippen LogP contribution in [0.25, 0.3) is 10.9 Å². The molecule has 1 atom stereocenters. The molecule has 0 radical (unpaired) electrons. The molecule has 1 aromatic carbocycles. The fourth-order valence-electron chi connectivity index (χ4n) is 2.49. The highest BCUT2D eigenvalue weighted by molar-refractivity contribution is 5.83. The molecule has 0 spiro atoms. The maximum atomic E-state index is 10.6. The van der Waals surface area contributed by atoms with E-state index >= 15 is 0 Å². The highest BCUT2D eigenvalue weighted by Gasteiger charge is 2.17. The van der Waals surface area contributed by atoms with Crippen molar-refractivity contribution in [1.29, 1.82) is 0 Å². The topological polar surface area (TPSA) is 53.8 Å². The Morgan fingerprint density at radius 1 is 1.37 bits per heavy atom. The van der Waals surface area contributed by atoms with Gasteiger partial charge in [-0.15, -0.1) is 0 Å². The number of aromatic amines is 1. The number of nitrogens with one attached hydrogen (secondary N) is 1.